The predicted molar refractivity (Wildman–Crippen MR) is 154 cm³/mol. The number of nitriles is 1. The van der Waals surface area contributed by atoms with Gasteiger partial charge in [-0.15, -0.1) is 11.3 Å². The molecule has 3 aromatic rings. The molecule has 1 aliphatic heterocycles. The Kier molecular flexibility index (Phi) is 8.89. The number of thiophene rings is 1. The summed E-state index contributed by atoms with van der Waals surface area (Å²) in [6.45, 7) is 10.3. The van der Waals surface area contributed by atoms with Crippen molar-refractivity contribution in [1.29, 1.82) is 5.26 Å². The van der Waals surface area contributed by atoms with Crippen molar-refractivity contribution in [3.05, 3.63) is 51.9 Å². The average Bonchev–Trinajstić information content (AvgIpc) is 3.55. The van der Waals surface area contributed by atoms with Crippen LogP contribution in [0.1, 0.15) is 74.9 Å². The molecule has 0 saturated carbocycles. The van der Waals surface area contributed by atoms with Crippen LogP contribution in [-0.2, 0) is 22.4 Å². The van der Waals surface area contributed by atoms with Gasteiger partial charge < -0.3 is 24.2 Å². The minimum atomic E-state index is -0.598. The first kappa shape index (κ1) is 29.2. The summed E-state index contributed by atoms with van der Waals surface area (Å²) < 4.78 is 18.3. The number of ether oxygens (including phenoxy) is 3. The normalized spacial score (nSPS) is 15.2. The van der Waals surface area contributed by atoms with Crippen LogP contribution in [0.2, 0.25) is 0 Å². The molecule has 1 fully saturated rings. The van der Waals surface area contributed by atoms with Gasteiger partial charge in [-0.3, -0.25) is 4.79 Å². The highest BCUT2D eigenvalue weighted by Gasteiger charge is 2.34. The maximum absolute atomic E-state index is 12.7. The Hall–Kier alpha value is -3.77. The van der Waals surface area contributed by atoms with Crippen LogP contribution < -0.4 is 9.47 Å². The van der Waals surface area contributed by atoms with Gasteiger partial charge in [0.1, 0.15) is 11.4 Å². The van der Waals surface area contributed by atoms with Crippen LogP contribution in [0, 0.1) is 11.3 Å². The highest BCUT2D eigenvalue weighted by atomic mass is 32.1. The number of hydrogen-bond acceptors (Lipinski definition) is 8. The third-order valence-electron chi connectivity index (χ3n) is 6.75. The summed E-state index contributed by atoms with van der Waals surface area (Å²) in [5.74, 6) is 0.113. The van der Waals surface area contributed by atoms with Gasteiger partial charge in [0.25, 0.3) is 0 Å². The summed E-state index contributed by atoms with van der Waals surface area (Å²) in [7, 11) is 0. The lowest BCUT2D eigenvalue weighted by molar-refractivity contribution is -0.134. The molecular formula is C31H36N2O6S. The van der Waals surface area contributed by atoms with E-state index in [1.807, 2.05) is 39.8 Å². The standard InChI is InChI=1S/C31H36N2O6S/c1-6-27(34)38-25-16-24(20-12-13-33(18-20)30(36)39-31(3,4)5)29(37-7-2)28(35)23(25)10-9-22-15-21-14-19(17-32)8-11-26(21)40-22/h8,11,14-16,20,35H,6-7,9-10,12-13,18H2,1-5H3/t20-/m1/s1. The topological polar surface area (TPSA) is 109 Å². The second kappa shape index (κ2) is 12.2. The van der Waals surface area contributed by atoms with Crippen LogP contribution in [0.4, 0.5) is 4.79 Å². The summed E-state index contributed by atoms with van der Waals surface area (Å²) in [6.07, 6.45) is 1.50. The average molecular weight is 565 g/mol. The van der Waals surface area contributed by atoms with Crippen molar-refractivity contribution in [2.45, 2.75) is 71.8 Å². The van der Waals surface area contributed by atoms with E-state index in [2.05, 4.69) is 12.1 Å². The van der Waals surface area contributed by atoms with Crippen molar-refractivity contribution in [3.63, 3.8) is 0 Å². The van der Waals surface area contributed by atoms with Gasteiger partial charge in [0.05, 0.1) is 18.2 Å². The number of carbonyl (C=O) groups excluding carboxylic acids is 2. The summed E-state index contributed by atoms with van der Waals surface area (Å²) in [5.41, 5.74) is 1.22. The quantitative estimate of drug-likeness (QED) is 0.239. The fraction of sp³-hybridized carbons (Fsp3) is 0.452. The molecule has 0 aliphatic carbocycles. The molecule has 1 atom stereocenters. The molecule has 40 heavy (non-hydrogen) atoms. The minimum absolute atomic E-state index is 0.0400. The lowest BCUT2D eigenvalue weighted by Crippen LogP contribution is -2.35. The van der Waals surface area contributed by atoms with E-state index in [1.165, 1.54) is 0 Å². The van der Waals surface area contributed by atoms with Gasteiger partial charge in [0.2, 0.25) is 0 Å². The molecule has 212 valence electrons. The number of amides is 1. The third kappa shape index (κ3) is 6.68. The predicted octanol–water partition coefficient (Wildman–Crippen LogP) is 6.70. The molecule has 8 nitrogen and oxygen atoms in total. The number of phenols is 1. The molecule has 4 rings (SSSR count). The van der Waals surface area contributed by atoms with E-state index in [0.29, 0.717) is 67.1 Å². The highest BCUT2D eigenvalue weighted by Crippen LogP contribution is 2.46. The number of rotatable bonds is 8. The van der Waals surface area contributed by atoms with E-state index in [4.69, 9.17) is 14.2 Å². The van der Waals surface area contributed by atoms with Crippen molar-refractivity contribution < 1.29 is 28.9 Å². The minimum Gasteiger partial charge on any atom is -0.504 e. The van der Waals surface area contributed by atoms with Gasteiger partial charge in [-0.2, -0.15) is 5.26 Å². The van der Waals surface area contributed by atoms with Gasteiger partial charge in [-0.05, 0) is 82.7 Å². The first-order valence-corrected chi connectivity index (χ1v) is 14.5. The van der Waals surface area contributed by atoms with Crippen LogP contribution in [0.3, 0.4) is 0 Å². The number of esters is 1. The molecule has 2 heterocycles. The maximum atomic E-state index is 12.7. The summed E-state index contributed by atoms with van der Waals surface area (Å²) in [6, 6.07) is 11.6. The van der Waals surface area contributed by atoms with Gasteiger partial charge in [-0.25, -0.2) is 4.79 Å². The number of aromatic hydroxyl groups is 1. The Morgan fingerprint density at radius 1 is 1.18 bits per heavy atom. The fourth-order valence-corrected chi connectivity index (χ4v) is 5.90. The van der Waals surface area contributed by atoms with Crippen molar-refractivity contribution in [2.75, 3.05) is 19.7 Å². The molecule has 0 radical (unpaired) electrons. The molecule has 1 amide bonds. The van der Waals surface area contributed by atoms with Gasteiger partial charge in [-0.1, -0.05) is 6.92 Å². The number of nitrogens with zero attached hydrogens (tertiary/aromatic N) is 2. The molecule has 1 aromatic heterocycles. The van der Waals surface area contributed by atoms with E-state index in [9.17, 15) is 20.0 Å². The lowest BCUT2D eigenvalue weighted by atomic mass is 9.93. The third-order valence-corrected chi connectivity index (χ3v) is 7.92. The number of hydrogen-bond donors (Lipinski definition) is 1. The zero-order valence-electron chi connectivity index (χ0n) is 23.7. The highest BCUT2D eigenvalue weighted by molar-refractivity contribution is 7.19. The molecule has 0 unspecified atom stereocenters. The van der Waals surface area contributed by atoms with E-state index in [0.717, 1.165) is 15.0 Å². The summed E-state index contributed by atoms with van der Waals surface area (Å²) in [5, 5.41) is 21.7. The Morgan fingerprint density at radius 2 is 1.95 bits per heavy atom. The first-order valence-electron chi connectivity index (χ1n) is 13.7. The van der Waals surface area contributed by atoms with E-state index >= 15 is 0 Å². The van der Waals surface area contributed by atoms with Crippen molar-refractivity contribution >= 4 is 33.5 Å². The van der Waals surface area contributed by atoms with Crippen LogP contribution in [-0.4, -0.2) is 47.4 Å². The molecule has 0 spiro atoms. The second-order valence-corrected chi connectivity index (χ2v) is 12.0. The molecule has 0 bridgehead atoms. The number of phenolic OH excluding ortho intramolecular Hbond substituents is 1. The van der Waals surface area contributed by atoms with Crippen LogP contribution in [0.25, 0.3) is 10.1 Å². The number of carbonyl (C=O) groups is 2. The van der Waals surface area contributed by atoms with Crippen molar-refractivity contribution in [1.82, 2.24) is 4.90 Å². The van der Waals surface area contributed by atoms with Gasteiger partial charge in [0, 0.05) is 46.1 Å². The molecule has 1 aliphatic rings. The van der Waals surface area contributed by atoms with E-state index in [1.54, 1.807) is 35.3 Å². The molecule has 1 N–H and O–H groups in total. The van der Waals surface area contributed by atoms with E-state index in [-0.39, 0.29) is 24.2 Å². The van der Waals surface area contributed by atoms with Crippen LogP contribution >= 0.6 is 11.3 Å². The number of benzene rings is 2. The largest absolute Gasteiger partial charge is 0.504 e. The summed E-state index contributed by atoms with van der Waals surface area (Å²) >= 11 is 1.63. The Labute approximate surface area is 239 Å². The first-order chi connectivity index (χ1) is 19.0. The molecule has 2 aromatic carbocycles. The SMILES string of the molecule is CCOc1c([C@@H]2CCN(C(=O)OC(C)(C)C)C2)cc(OC(=O)CC)c(CCc2cc3cc(C#N)ccc3s2)c1O. The number of likely N-dealkylation sites (tertiary alicyclic amines) is 1. The monoisotopic (exact) mass is 564 g/mol. The van der Waals surface area contributed by atoms with E-state index < -0.39 is 11.6 Å². The molecular weight excluding hydrogens is 528 g/mol. The molecule has 9 heteroatoms. The second-order valence-electron chi connectivity index (χ2n) is 10.9. The Balaban J connectivity index is 1.65. The number of aryl methyl sites for hydroxylation is 1. The van der Waals surface area contributed by atoms with Gasteiger partial charge in [0.15, 0.2) is 11.5 Å². The zero-order chi connectivity index (χ0) is 29.0. The maximum Gasteiger partial charge on any atom is 0.410 e. The zero-order valence-corrected chi connectivity index (χ0v) is 24.5. The van der Waals surface area contributed by atoms with Crippen molar-refractivity contribution in [2.24, 2.45) is 0 Å². The van der Waals surface area contributed by atoms with Crippen LogP contribution in [0.5, 0.6) is 17.2 Å². The fourth-order valence-electron chi connectivity index (χ4n) is 4.86. The number of fused-ring (bicyclic) bond motifs is 1. The lowest BCUT2D eigenvalue weighted by Gasteiger charge is -2.25. The van der Waals surface area contributed by atoms with Crippen LogP contribution in [0.15, 0.2) is 30.3 Å². The summed E-state index contributed by atoms with van der Waals surface area (Å²) in [4.78, 5) is 27.8. The molecule has 1 saturated heterocycles. The Morgan fingerprint density at radius 3 is 2.62 bits per heavy atom. The van der Waals surface area contributed by atoms with Gasteiger partial charge >= 0.3 is 12.1 Å². The smallest absolute Gasteiger partial charge is 0.410 e. The van der Waals surface area contributed by atoms with Crippen molar-refractivity contribution in [3.8, 4) is 23.3 Å². The Bertz CT molecular complexity index is 1450.